The van der Waals surface area contributed by atoms with Gasteiger partial charge < -0.3 is 15.1 Å². The highest BCUT2D eigenvalue weighted by Gasteiger charge is 2.29. The summed E-state index contributed by atoms with van der Waals surface area (Å²) in [4.78, 5) is 39.3. The Morgan fingerprint density at radius 1 is 1.08 bits per heavy atom. The van der Waals surface area contributed by atoms with E-state index in [9.17, 15) is 14.4 Å². The fraction of sp³-hybridized carbons (Fsp3) is 0.500. The first kappa shape index (κ1) is 18.0. The molecular formula is C18H25N3O3. The number of carbonyl (C=O) groups is 3. The van der Waals surface area contributed by atoms with E-state index in [4.69, 9.17) is 0 Å². The van der Waals surface area contributed by atoms with Crippen LogP contribution in [0.2, 0.25) is 0 Å². The molecule has 1 aliphatic rings. The maximum atomic E-state index is 12.4. The molecule has 0 bridgehead atoms. The number of nitrogens with zero attached hydrogens (tertiary/aromatic N) is 2. The Hall–Kier alpha value is -2.37. The minimum atomic E-state index is -0.212. The number of amides is 3. The minimum Gasteiger partial charge on any atom is -0.342 e. The summed E-state index contributed by atoms with van der Waals surface area (Å²) in [7, 11) is 1.62. The predicted molar refractivity (Wildman–Crippen MR) is 92.7 cm³/mol. The van der Waals surface area contributed by atoms with Gasteiger partial charge in [0.05, 0.1) is 6.54 Å². The summed E-state index contributed by atoms with van der Waals surface area (Å²) >= 11 is 0. The van der Waals surface area contributed by atoms with Gasteiger partial charge in [0.2, 0.25) is 11.8 Å². The van der Waals surface area contributed by atoms with Crippen LogP contribution in [0.3, 0.4) is 0 Å². The molecule has 3 amide bonds. The molecule has 1 aliphatic carbocycles. The SMILES string of the molecule is CCN(CC)C(=O)CN(C)C(=O)c1ccc(NC(=O)C2CC2)cc1. The molecule has 0 atom stereocenters. The third-order valence-corrected chi connectivity index (χ3v) is 4.18. The van der Waals surface area contributed by atoms with Crippen LogP contribution in [0.4, 0.5) is 5.69 Å². The number of rotatable bonds is 7. The largest absolute Gasteiger partial charge is 0.342 e. The van der Waals surface area contributed by atoms with Crippen molar-refractivity contribution in [2.75, 3.05) is 32.0 Å². The van der Waals surface area contributed by atoms with Gasteiger partial charge in [-0.15, -0.1) is 0 Å². The van der Waals surface area contributed by atoms with Gasteiger partial charge in [-0.3, -0.25) is 14.4 Å². The van der Waals surface area contributed by atoms with Crippen molar-refractivity contribution in [3.8, 4) is 0 Å². The molecule has 0 spiro atoms. The number of benzene rings is 1. The highest BCUT2D eigenvalue weighted by atomic mass is 16.2. The van der Waals surface area contributed by atoms with E-state index >= 15 is 0 Å². The van der Waals surface area contributed by atoms with E-state index in [1.807, 2.05) is 13.8 Å². The molecule has 1 N–H and O–H groups in total. The first-order valence-corrected chi connectivity index (χ1v) is 8.40. The van der Waals surface area contributed by atoms with E-state index < -0.39 is 0 Å². The third-order valence-electron chi connectivity index (χ3n) is 4.18. The molecular weight excluding hydrogens is 306 g/mol. The molecule has 130 valence electrons. The molecule has 6 nitrogen and oxygen atoms in total. The number of nitrogens with one attached hydrogen (secondary N) is 1. The van der Waals surface area contributed by atoms with Crippen LogP contribution in [0.25, 0.3) is 0 Å². The quantitative estimate of drug-likeness (QED) is 0.830. The summed E-state index contributed by atoms with van der Waals surface area (Å²) in [6, 6.07) is 6.77. The molecule has 0 unspecified atom stereocenters. The van der Waals surface area contributed by atoms with Crippen LogP contribution < -0.4 is 5.32 Å². The van der Waals surface area contributed by atoms with Crippen molar-refractivity contribution in [2.24, 2.45) is 5.92 Å². The average molecular weight is 331 g/mol. The molecule has 6 heteroatoms. The van der Waals surface area contributed by atoms with Crippen LogP contribution in [0.5, 0.6) is 0 Å². The molecule has 24 heavy (non-hydrogen) atoms. The lowest BCUT2D eigenvalue weighted by molar-refractivity contribution is -0.131. The lowest BCUT2D eigenvalue weighted by atomic mass is 10.1. The lowest BCUT2D eigenvalue weighted by Gasteiger charge is -2.23. The van der Waals surface area contributed by atoms with Crippen LogP contribution in [0.15, 0.2) is 24.3 Å². The van der Waals surface area contributed by atoms with Crippen molar-refractivity contribution in [3.05, 3.63) is 29.8 Å². The van der Waals surface area contributed by atoms with E-state index in [-0.39, 0.29) is 30.2 Å². The standard InChI is InChI=1S/C18H25N3O3/c1-4-21(5-2)16(22)12-20(3)18(24)14-8-10-15(11-9-14)19-17(23)13-6-7-13/h8-11,13H,4-7,12H2,1-3H3,(H,19,23). The van der Waals surface area contributed by atoms with E-state index in [0.29, 0.717) is 24.3 Å². The van der Waals surface area contributed by atoms with Crippen molar-refractivity contribution in [1.29, 1.82) is 0 Å². The zero-order chi connectivity index (χ0) is 17.7. The summed E-state index contributed by atoms with van der Waals surface area (Å²) in [6.07, 6.45) is 1.90. The summed E-state index contributed by atoms with van der Waals surface area (Å²) in [5.74, 6) is -0.0979. The van der Waals surface area contributed by atoms with Gasteiger partial charge in [0.1, 0.15) is 0 Å². The number of hydrogen-bond donors (Lipinski definition) is 1. The van der Waals surface area contributed by atoms with Gasteiger partial charge >= 0.3 is 0 Å². The second-order valence-electron chi connectivity index (χ2n) is 6.07. The average Bonchev–Trinajstić information content (AvgIpc) is 3.41. The molecule has 0 aromatic heterocycles. The second-order valence-corrected chi connectivity index (χ2v) is 6.07. The summed E-state index contributed by atoms with van der Waals surface area (Å²) in [5, 5.41) is 2.84. The lowest BCUT2D eigenvalue weighted by Crippen LogP contribution is -2.41. The molecule has 0 aliphatic heterocycles. The Kier molecular flexibility index (Phi) is 5.95. The number of likely N-dealkylation sites (N-methyl/N-ethyl adjacent to an activating group) is 2. The summed E-state index contributed by atoms with van der Waals surface area (Å²) in [6.45, 7) is 5.15. The molecule has 1 aromatic carbocycles. The van der Waals surface area contributed by atoms with Gasteiger partial charge in [-0.2, -0.15) is 0 Å². The first-order valence-electron chi connectivity index (χ1n) is 8.40. The van der Waals surface area contributed by atoms with Gasteiger partial charge in [0, 0.05) is 37.3 Å². The van der Waals surface area contributed by atoms with Crippen molar-refractivity contribution >= 4 is 23.4 Å². The molecule has 1 saturated carbocycles. The second kappa shape index (κ2) is 7.95. The smallest absolute Gasteiger partial charge is 0.254 e. The Balaban J connectivity index is 1.93. The van der Waals surface area contributed by atoms with Crippen molar-refractivity contribution in [2.45, 2.75) is 26.7 Å². The predicted octanol–water partition coefficient (Wildman–Crippen LogP) is 1.98. The van der Waals surface area contributed by atoms with E-state index in [1.165, 1.54) is 4.90 Å². The Morgan fingerprint density at radius 2 is 1.67 bits per heavy atom. The molecule has 2 rings (SSSR count). The van der Waals surface area contributed by atoms with Crippen LogP contribution in [0.1, 0.15) is 37.0 Å². The van der Waals surface area contributed by atoms with Crippen LogP contribution in [-0.4, -0.2) is 54.2 Å². The highest BCUT2D eigenvalue weighted by molar-refractivity contribution is 5.98. The fourth-order valence-corrected chi connectivity index (χ4v) is 2.46. The molecule has 0 heterocycles. The molecule has 0 saturated heterocycles. The van der Waals surface area contributed by atoms with Crippen molar-refractivity contribution < 1.29 is 14.4 Å². The van der Waals surface area contributed by atoms with Gasteiger partial charge in [-0.1, -0.05) is 0 Å². The minimum absolute atomic E-state index is 0.0380. The topological polar surface area (TPSA) is 69.7 Å². The number of anilines is 1. The van der Waals surface area contributed by atoms with Crippen molar-refractivity contribution in [3.63, 3.8) is 0 Å². The summed E-state index contributed by atoms with van der Waals surface area (Å²) < 4.78 is 0. The van der Waals surface area contributed by atoms with Crippen LogP contribution in [-0.2, 0) is 9.59 Å². The zero-order valence-electron chi connectivity index (χ0n) is 14.5. The van der Waals surface area contributed by atoms with Crippen LogP contribution >= 0.6 is 0 Å². The first-order chi connectivity index (χ1) is 11.5. The fourth-order valence-electron chi connectivity index (χ4n) is 2.46. The third kappa shape index (κ3) is 4.57. The molecule has 1 aromatic rings. The Labute approximate surface area is 142 Å². The Morgan fingerprint density at radius 3 is 2.17 bits per heavy atom. The van der Waals surface area contributed by atoms with Crippen molar-refractivity contribution in [1.82, 2.24) is 9.80 Å². The monoisotopic (exact) mass is 331 g/mol. The zero-order valence-corrected chi connectivity index (χ0v) is 14.5. The van der Waals surface area contributed by atoms with Gasteiger partial charge in [0.15, 0.2) is 0 Å². The Bertz CT molecular complexity index is 604. The van der Waals surface area contributed by atoms with E-state index in [0.717, 1.165) is 12.8 Å². The number of carbonyl (C=O) groups excluding carboxylic acids is 3. The highest BCUT2D eigenvalue weighted by Crippen LogP contribution is 2.30. The number of hydrogen-bond acceptors (Lipinski definition) is 3. The summed E-state index contributed by atoms with van der Waals surface area (Å²) in [5.41, 5.74) is 1.18. The van der Waals surface area contributed by atoms with Gasteiger partial charge in [-0.25, -0.2) is 0 Å². The van der Waals surface area contributed by atoms with E-state index in [1.54, 1.807) is 36.2 Å². The molecule has 0 radical (unpaired) electrons. The van der Waals surface area contributed by atoms with Gasteiger partial charge in [0.25, 0.3) is 5.91 Å². The van der Waals surface area contributed by atoms with Gasteiger partial charge in [-0.05, 0) is 51.0 Å². The van der Waals surface area contributed by atoms with Crippen LogP contribution in [0, 0.1) is 5.92 Å². The molecule has 1 fully saturated rings. The normalized spacial score (nSPS) is 13.3. The maximum Gasteiger partial charge on any atom is 0.254 e. The maximum absolute atomic E-state index is 12.4. The van der Waals surface area contributed by atoms with E-state index in [2.05, 4.69) is 5.32 Å².